The van der Waals surface area contributed by atoms with Gasteiger partial charge in [0, 0.05) is 67.1 Å². The zero-order valence-corrected chi connectivity index (χ0v) is 25.3. The van der Waals surface area contributed by atoms with E-state index in [1.54, 1.807) is 24.8 Å². The fraction of sp³-hybridized carbons (Fsp3) is 0.171. The van der Waals surface area contributed by atoms with Crippen molar-refractivity contribution in [1.29, 1.82) is 0 Å². The number of hydrogen-bond acceptors (Lipinski definition) is 5. The number of fused-ring (bicyclic) bond motifs is 3. The highest BCUT2D eigenvalue weighted by Crippen LogP contribution is 2.32. The molecule has 0 aliphatic heterocycles. The molecule has 0 amide bonds. The van der Waals surface area contributed by atoms with E-state index in [0.717, 1.165) is 33.2 Å². The first kappa shape index (κ1) is 29.4. The summed E-state index contributed by atoms with van der Waals surface area (Å²) in [5.74, 6) is 1.03. The van der Waals surface area contributed by atoms with E-state index in [0.29, 0.717) is 45.4 Å². The number of aryl methyl sites for hydroxylation is 1. The summed E-state index contributed by atoms with van der Waals surface area (Å²) in [5, 5.41) is 6.80. The van der Waals surface area contributed by atoms with Crippen LogP contribution in [0.25, 0.3) is 21.8 Å². The minimum absolute atomic E-state index is 0.0359. The van der Waals surface area contributed by atoms with Crippen LogP contribution in [0.3, 0.4) is 0 Å². The molecule has 0 unspecified atom stereocenters. The molecule has 42 heavy (non-hydrogen) atoms. The number of halogens is 1. The molecule has 5 aromatic rings. The van der Waals surface area contributed by atoms with Gasteiger partial charge in [-0.05, 0) is 87.5 Å². The van der Waals surface area contributed by atoms with E-state index in [1.807, 2.05) is 97.9 Å². The summed E-state index contributed by atoms with van der Waals surface area (Å²) in [6, 6.07) is 28.4. The number of carbonyl (C=O) groups is 2. The van der Waals surface area contributed by atoms with Crippen LogP contribution in [0.5, 0.6) is 0 Å². The van der Waals surface area contributed by atoms with E-state index in [4.69, 9.17) is 16.4 Å². The number of rotatable bonds is 11. The third-order valence-corrected chi connectivity index (χ3v) is 8.40. The largest absolute Gasteiger partial charge is 0.362 e. The number of oxime groups is 1. The van der Waals surface area contributed by atoms with Crippen molar-refractivity contribution in [3.05, 3.63) is 125 Å². The summed E-state index contributed by atoms with van der Waals surface area (Å²) in [7, 11) is 0. The Hall–Kier alpha value is -4.13. The SMILES string of the molecule is CC=C(C)O/N=C(\CCSc1ccc(Cl)cc1)C(=O)c1ccc2c(c1)c1cc(C(=O)c3ccccc3)ccc1n2CC. The van der Waals surface area contributed by atoms with Gasteiger partial charge in [-0.3, -0.25) is 9.59 Å². The second-order valence-corrected chi connectivity index (χ2v) is 11.4. The number of allylic oxidation sites excluding steroid dienone is 2. The Morgan fingerprint density at radius 3 is 2.17 bits per heavy atom. The molecule has 0 atom stereocenters. The molecule has 5 rings (SSSR count). The molecule has 1 heterocycles. The minimum Gasteiger partial charge on any atom is -0.362 e. The topological polar surface area (TPSA) is 60.7 Å². The number of ketones is 2. The fourth-order valence-corrected chi connectivity index (χ4v) is 5.81. The highest BCUT2D eigenvalue weighted by molar-refractivity contribution is 7.99. The molecule has 0 saturated heterocycles. The maximum absolute atomic E-state index is 13.8. The zero-order valence-electron chi connectivity index (χ0n) is 23.8. The van der Waals surface area contributed by atoms with Crippen molar-refractivity contribution in [2.45, 2.75) is 38.6 Å². The van der Waals surface area contributed by atoms with Gasteiger partial charge in [0.25, 0.3) is 0 Å². The van der Waals surface area contributed by atoms with Gasteiger partial charge in [-0.1, -0.05) is 47.1 Å². The quantitative estimate of drug-likeness (QED) is 0.0502. The summed E-state index contributed by atoms with van der Waals surface area (Å²) < 4.78 is 2.20. The van der Waals surface area contributed by atoms with Crippen LogP contribution in [-0.2, 0) is 11.4 Å². The molecule has 0 saturated carbocycles. The van der Waals surface area contributed by atoms with Crippen molar-refractivity contribution in [1.82, 2.24) is 4.57 Å². The first-order valence-corrected chi connectivity index (χ1v) is 15.2. The first-order valence-electron chi connectivity index (χ1n) is 13.8. The van der Waals surface area contributed by atoms with Crippen molar-refractivity contribution in [3.63, 3.8) is 0 Å². The Morgan fingerprint density at radius 1 is 0.881 bits per heavy atom. The van der Waals surface area contributed by atoms with E-state index >= 15 is 0 Å². The Morgan fingerprint density at radius 2 is 1.52 bits per heavy atom. The lowest BCUT2D eigenvalue weighted by Gasteiger charge is -2.08. The molecule has 0 aliphatic rings. The van der Waals surface area contributed by atoms with Crippen molar-refractivity contribution in [2.24, 2.45) is 5.16 Å². The van der Waals surface area contributed by atoms with Crippen molar-refractivity contribution >= 4 is 62.4 Å². The Balaban J connectivity index is 1.50. The van der Waals surface area contributed by atoms with Crippen molar-refractivity contribution in [2.75, 3.05) is 5.75 Å². The summed E-state index contributed by atoms with van der Waals surface area (Å²) in [6.45, 7) is 6.50. The van der Waals surface area contributed by atoms with E-state index in [9.17, 15) is 9.59 Å². The lowest BCUT2D eigenvalue weighted by molar-refractivity contribution is 0.103. The number of aromatic nitrogens is 1. The molecule has 4 aromatic carbocycles. The third-order valence-electron chi connectivity index (χ3n) is 7.13. The van der Waals surface area contributed by atoms with Gasteiger partial charge in [0.2, 0.25) is 5.78 Å². The summed E-state index contributed by atoms with van der Waals surface area (Å²) in [5.41, 5.74) is 4.14. The van der Waals surface area contributed by atoms with Gasteiger partial charge in [0.1, 0.15) is 11.5 Å². The zero-order chi connectivity index (χ0) is 29.6. The normalized spacial score (nSPS) is 12.2. The molecule has 5 nitrogen and oxygen atoms in total. The highest BCUT2D eigenvalue weighted by Gasteiger charge is 2.19. The average Bonchev–Trinajstić information content (AvgIpc) is 3.35. The van der Waals surface area contributed by atoms with Crippen LogP contribution < -0.4 is 0 Å². The molecule has 212 valence electrons. The Bertz CT molecular complexity index is 1820. The molecule has 7 heteroatoms. The molecule has 0 spiro atoms. The number of hydrogen-bond donors (Lipinski definition) is 0. The predicted molar refractivity (Wildman–Crippen MR) is 174 cm³/mol. The number of thioether (sulfide) groups is 1. The smallest absolute Gasteiger partial charge is 0.210 e. The summed E-state index contributed by atoms with van der Waals surface area (Å²) >= 11 is 7.64. The van der Waals surface area contributed by atoms with E-state index in [1.165, 1.54) is 0 Å². The number of Topliss-reactive ketones (excluding diaryl/α,β-unsaturated/α-hetero) is 1. The van der Waals surface area contributed by atoms with Crippen LogP contribution in [0.15, 0.2) is 113 Å². The molecule has 0 radical (unpaired) electrons. The lowest BCUT2D eigenvalue weighted by atomic mass is 9.99. The van der Waals surface area contributed by atoms with Gasteiger partial charge in [0.15, 0.2) is 5.78 Å². The molecule has 0 bridgehead atoms. The lowest BCUT2D eigenvalue weighted by Crippen LogP contribution is -2.16. The van der Waals surface area contributed by atoms with Gasteiger partial charge in [-0.2, -0.15) is 0 Å². The van der Waals surface area contributed by atoms with Gasteiger partial charge in [-0.25, -0.2) is 0 Å². The van der Waals surface area contributed by atoms with E-state index in [2.05, 4.69) is 16.6 Å². The van der Waals surface area contributed by atoms with Crippen LogP contribution in [0, 0.1) is 0 Å². The predicted octanol–water partition coefficient (Wildman–Crippen LogP) is 9.36. The van der Waals surface area contributed by atoms with Gasteiger partial charge < -0.3 is 9.40 Å². The summed E-state index contributed by atoms with van der Waals surface area (Å²) in [4.78, 5) is 33.7. The van der Waals surface area contributed by atoms with Crippen LogP contribution in [0.2, 0.25) is 5.02 Å². The standard InChI is InChI=1S/C35H31ClN2O3S/c1-4-23(3)41-37-31(19-20-42-28-15-13-27(36)14-16-28)35(40)26-12-18-33-30(22-26)29-21-25(11-17-32(29)38(33)5-2)34(39)24-9-7-6-8-10-24/h4,6-18,21-22H,5,19-20H2,1-3H3/b23-4?,37-31+. The minimum atomic E-state index is -0.188. The van der Waals surface area contributed by atoms with Crippen LogP contribution in [-0.4, -0.2) is 27.6 Å². The van der Waals surface area contributed by atoms with Crippen molar-refractivity contribution < 1.29 is 14.4 Å². The average molecular weight is 595 g/mol. The van der Waals surface area contributed by atoms with Crippen LogP contribution in [0.4, 0.5) is 0 Å². The first-order chi connectivity index (χ1) is 20.4. The Labute approximate surface area is 254 Å². The maximum Gasteiger partial charge on any atom is 0.210 e. The number of nitrogens with zero attached hydrogens (tertiary/aromatic N) is 2. The second-order valence-electron chi connectivity index (χ2n) is 9.81. The Kier molecular flexibility index (Phi) is 9.25. The summed E-state index contributed by atoms with van der Waals surface area (Å²) in [6.07, 6.45) is 2.22. The van der Waals surface area contributed by atoms with E-state index < -0.39 is 0 Å². The third kappa shape index (κ3) is 6.35. The molecular formula is C35H31ClN2O3S. The highest BCUT2D eigenvalue weighted by atomic mass is 35.5. The molecular weight excluding hydrogens is 564 g/mol. The molecule has 0 fully saturated rings. The maximum atomic E-state index is 13.8. The fourth-order valence-electron chi connectivity index (χ4n) is 4.83. The van der Waals surface area contributed by atoms with Gasteiger partial charge >= 0.3 is 0 Å². The number of carbonyl (C=O) groups excluding carboxylic acids is 2. The van der Waals surface area contributed by atoms with Gasteiger partial charge in [-0.15, -0.1) is 11.8 Å². The van der Waals surface area contributed by atoms with Gasteiger partial charge in [0.05, 0.1) is 0 Å². The second kappa shape index (κ2) is 13.2. The number of benzene rings is 4. The van der Waals surface area contributed by atoms with E-state index in [-0.39, 0.29) is 11.6 Å². The molecule has 0 aliphatic carbocycles. The van der Waals surface area contributed by atoms with Crippen LogP contribution >= 0.6 is 23.4 Å². The van der Waals surface area contributed by atoms with Crippen molar-refractivity contribution in [3.8, 4) is 0 Å². The molecule has 1 aromatic heterocycles. The molecule has 0 N–H and O–H groups in total. The monoisotopic (exact) mass is 594 g/mol. The van der Waals surface area contributed by atoms with Crippen LogP contribution in [0.1, 0.15) is 53.5 Å².